The van der Waals surface area contributed by atoms with Gasteiger partial charge in [-0.25, -0.2) is 9.59 Å². The van der Waals surface area contributed by atoms with Crippen molar-refractivity contribution in [3.05, 3.63) is 58.3 Å². The van der Waals surface area contributed by atoms with E-state index in [4.69, 9.17) is 28.1 Å². The van der Waals surface area contributed by atoms with E-state index in [0.29, 0.717) is 35.1 Å². The van der Waals surface area contributed by atoms with Gasteiger partial charge in [-0.05, 0) is 44.2 Å². The van der Waals surface area contributed by atoms with Gasteiger partial charge in [-0.15, -0.1) is 0 Å². The van der Waals surface area contributed by atoms with Crippen LogP contribution in [-0.2, 0) is 47.7 Å². The minimum Gasteiger partial charge on any atom is -0.502 e. The van der Waals surface area contributed by atoms with E-state index in [0.717, 1.165) is 5.57 Å². The fourth-order valence-electron chi connectivity index (χ4n) is 10.3. The van der Waals surface area contributed by atoms with Crippen molar-refractivity contribution in [3.8, 4) is 0 Å². The van der Waals surface area contributed by atoms with Gasteiger partial charge < -0.3 is 33.2 Å². The number of hydrogen-bond acceptors (Lipinski definition) is 12. The number of carbonyl (C=O) groups is 5. The van der Waals surface area contributed by atoms with Gasteiger partial charge in [-0.3, -0.25) is 14.4 Å². The van der Waals surface area contributed by atoms with E-state index in [-0.39, 0.29) is 19.3 Å². The number of hydrogen-bond donors (Lipinski definition) is 1. The van der Waals surface area contributed by atoms with Crippen molar-refractivity contribution in [1.82, 2.24) is 0 Å². The number of rotatable bonds is 7. The summed E-state index contributed by atoms with van der Waals surface area (Å²) in [6.45, 7) is 11.4. The lowest BCUT2D eigenvalue weighted by atomic mass is 9.44. The summed E-state index contributed by atoms with van der Waals surface area (Å²) >= 11 is 0. The Morgan fingerprint density at radius 3 is 2.35 bits per heavy atom. The van der Waals surface area contributed by atoms with Crippen LogP contribution in [0, 0.1) is 22.2 Å². The quantitative estimate of drug-likeness (QED) is 0.228. The second-order valence-corrected chi connectivity index (χ2v) is 14.5. The Kier molecular flexibility index (Phi) is 7.57. The summed E-state index contributed by atoms with van der Waals surface area (Å²) in [5.41, 5.74) is -4.20. The smallest absolute Gasteiger partial charge is 0.374 e. The van der Waals surface area contributed by atoms with E-state index in [1.54, 1.807) is 26.0 Å². The molecule has 12 heteroatoms. The van der Waals surface area contributed by atoms with Crippen LogP contribution in [0.1, 0.15) is 92.2 Å². The van der Waals surface area contributed by atoms with Crippen molar-refractivity contribution in [2.75, 3.05) is 7.11 Å². The molecule has 1 N–H and O–H groups in total. The lowest BCUT2D eigenvalue weighted by molar-refractivity contribution is -0.276. The van der Waals surface area contributed by atoms with E-state index in [9.17, 15) is 29.1 Å². The topological polar surface area (TPSA) is 165 Å². The van der Waals surface area contributed by atoms with Gasteiger partial charge in [0.2, 0.25) is 5.76 Å². The van der Waals surface area contributed by atoms with E-state index in [1.165, 1.54) is 33.5 Å². The summed E-state index contributed by atoms with van der Waals surface area (Å²) in [5.74, 6) is -4.75. The highest BCUT2D eigenvalue weighted by atomic mass is 16.6. The maximum Gasteiger partial charge on any atom is 0.374 e. The third-order valence-electron chi connectivity index (χ3n) is 12.2. The molecule has 2 fully saturated rings. The summed E-state index contributed by atoms with van der Waals surface area (Å²) in [6, 6.07) is 1.70. The number of allylic oxidation sites excluding steroid dienone is 1. The fraction of sp³-hybridized carbons (Fsp3) is 0.583. The zero-order chi connectivity index (χ0) is 35.2. The van der Waals surface area contributed by atoms with Crippen molar-refractivity contribution in [1.29, 1.82) is 0 Å². The van der Waals surface area contributed by atoms with E-state index >= 15 is 0 Å². The molecule has 1 aromatic heterocycles. The Labute approximate surface area is 278 Å². The van der Waals surface area contributed by atoms with Crippen LogP contribution >= 0.6 is 0 Å². The number of cyclic esters (lactones) is 1. The number of furan rings is 1. The van der Waals surface area contributed by atoms with E-state index < -0.39 is 81.2 Å². The standard InChI is InChI=1S/C36H42O12/c1-9-18(2)29(41)46-31-33(6)17-36(48-20(4)38)34(7,24(33)14-25(39)43-8)23-10-12-32(5)26(22(23)15-35(31,36)47-19(3)37)27(40)30(42)45-28(32)21-11-13-44-16-21/h9,11,13,16,24,28,31,40H,10,12,14-15,17H2,1-8H3/b18-9+/t24-,28-,31-,32+,33+,34+,35+,36+/m0/s1. The number of ether oxygens (including phenoxy) is 5. The summed E-state index contributed by atoms with van der Waals surface area (Å²) in [4.78, 5) is 66.5. The van der Waals surface area contributed by atoms with Crippen molar-refractivity contribution in [3.63, 3.8) is 0 Å². The third-order valence-corrected chi connectivity index (χ3v) is 12.2. The molecule has 2 saturated carbocycles. The van der Waals surface area contributed by atoms with Crippen molar-refractivity contribution in [2.45, 2.75) is 104 Å². The van der Waals surface area contributed by atoms with Gasteiger partial charge >= 0.3 is 29.8 Å². The number of aliphatic hydroxyl groups excluding tert-OH is 1. The molecule has 8 atom stereocenters. The second kappa shape index (κ2) is 10.8. The minimum absolute atomic E-state index is 0.0939. The molecule has 0 aromatic carbocycles. The average Bonchev–Trinajstić information content (AvgIpc) is 3.66. The van der Waals surface area contributed by atoms with Gasteiger partial charge in [-0.2, -0.15) is 0 Å². The highest BCUT2D eigenvalue weighted by molar-refractivity contribution is 5.90. The van der Waals surface area contributed by atoms with Gasteiger partial charge in [-0.1, -0.05) is 32.4 Å². The van der Waals surface area contributed by atoms with E-state index in [2.05, 4.69) is 0 Å². The van der Waals surface area contributed by atoms with Crippen molar-refractivity contribution < 1.29 is 57.2 Å². The Morgan fingerprint density at radius 2 is 1.77 bits per heavy atom. The molecule has 6 rings (SSSR count). The molecular formula is C36H42O12. The van der Waals surface area contributed by atoms with Gasteiger partial charge in [0.25, 0.3) is 0 Å². The summed E-state index contributed by atoms with van der Waals surface area (Å²) < 4.78 is 35.4. The van der Waals surface area contributed by atoms with Crippen LogP contribution in [-0.4, -0.2) is 59.4 Å². The van der Waals surface area contributed by atoms with Gasteiger partial charge in [0, 0.05) is 66.1 Å². The number of fused-ring (bicyclic) bond motifs is 4. The predicted molar refractivity (Wildman–Crippen MR) is 165 cm³/mol. The zero-order valence-corrected chi connectivity index (χ0v) is 28.5. The molecule has 5 aliphatic rings. The first-order valence-corrected chi connectivity index (χ1v) is 16.2. The summed E-state index contributed by atoms with van der Waals surface area (Å²) in [7, 11) is 1.28. The van der Waals surface area contributed by atoms with Crippen LogP contribution in [0.5, 0.6) is 0 Å². The Balaban J connectivity index is 1.70. The van der Waals surface area contributed by atoms with E-state index in [1.807, 2.05) is 20.8 Å². The monoisotopic (exact) mass is 666 g/mol. The van der Waals surface area contributed by atoms with Crippen LogP contribution < -0.4 is 0 Å². The second-order valence-electron chi connectivity index (χ2n) is 14.5. The Bertz CT molecular complexity index is 1710. The van der Waals surface area contributed by atoms with Gasteiger partial charge in [0.1, 0.15) is 6.10 Å². The molecule has 2 bridgehead atoms. The molecule has 1 aliphatic heterocycles. The van der Waals surface area contributed by atoms with Gasteiger partial charge in [0.15, 0.2) is 17.3 Å². The van der Waals surface area contributed by atoms with Crippen LogP contribution in [0.25, 0.3) is 0 Å². The Morgan fingerprint density at radius 1 is 1.08 bits per heavy atom. The highest BCUT2D eigenvalue weighted by Gasteiger charge is 2.90. The fourth-order valence-corrected chi connectivity index (χ4v) is 10.3. The third kappa shape index (κ3) is 4.09. The molecule has 12 nitrogen and oxygen atoms in total. The maximum atomic E-state index is 13.6. The average molecular weight is 667 g/mol. The molecule has 0 saturated heterocycles. The number of aliphatic hydroxyl groups is 1. The lowest BCUT2D eigenvalue weighted by Gasteiger charge is -2.65. The molecule has 48 heavy (non-hydrogen) atoms. The Hall–Kier alpha value is -4.35. The molecule has 0 spiro atoms. The first-order valence-electron chi connectivity index (χ1n) is 16.2. The normalized spacial score (nSPS) is 38.1. The SMILES string of the molecule is C/C=C(\C)C(=O)O[C@H]1[C@]2(C)C[C@]3(OC(C)=O)[C@@]1(OC(C)=O)CC1=C(CC[C@]4(C)C1=C(O)C(=O)O[C@H]4c1ccoc1)[C@]3(C)[C@H]2CC(=O)OC. The zero-order valence-electron chi connectivity index (χ0n) is 28.5. The van der Waals surface area contributed by atoms with Crippen molar-refractivity contribution in [2.24, 2.45) is 22.2 Å². The molecule has 0 unspecified atom stereocenters. The number of methoxy groups -OCH3 is 1. The molecule has 0 radical (unpaired) electrons. The number of carbonyl (C=O) groups excluding carboxylic acids is 5. The molecule has 4 aliphatic carbocycles. The van der Waals surface area contributed by atoms with Gasteiger partial charge in [0.05, 0.1) is 19.6 Å². The van der Waals surface area contributed by atoms with Crippen LogP contribution in [0.15, 0.2) is 57.1 Å². The summed E-state index contributed by atoms with van der Waals surface area (Å²) in [6.07, 6.45) is 3.11. The molecule has 1 aromatic rings. The summed E-state index contributed by atoms with van der Waals surface area (Å²) in [5, 5.41) is 11.6. The minimum atomic E-state index is -1.82. The molecule has 0 amide bonds. The highest BCUT2D eigenvalue weighted by Crippen LogP contribution is 2.81. The molecule has 2 heterocycles. The maximum absolute atomic E-state index is 13.6. The largest absolute Gasteiger partial charge is 0.502 e. The van der Waals surface area contributed by atoms with Crippen LogP contribution in [0.3, 0.4) is 0 Å². The number of esters is 5. The molecular weight excluding hydrogens is 624 g/mol. The lowest BCUT2D eigenvalue weighted by Crippen LogP contribution is -2.75. The first kappa shape index (κ1) is 33.5. The van der Waals surface area contributed by atoms with Crippen LogP contribution in [0.2, 0.25) is 0 Å². The first-order chi connectivity index (χ1) is 22.5. The van der Waals surface area contributed by atoms with Crippen molar-refractivity contribution >= 4 is 29.8 Å². The van der Waals surface area contributed by atoms with Crippen LogP contribution in [0.4, 0.5) is 0 Å². The molecule has 258 valence electrons. The predicted octanol–water partition coefficient (Wildman–Crippen LogP) is 5.28.